The van der Waals surface area contributed by atoms with E-state index in [1.807, 2.05) is 0 Å². The summed E-state index contributed by atoms with van der Waals surface area (Å²) in [5.41, 5.74) is 14.1. The summed E-state index contributed by atoms with van der Waals surface area (Å²) in [5, 5.41) is 12.4. The molecule has 0 N–H and O–H groups in total. The molecule has 3 heterocycles. The van der Waals surface area contributed by atoms with E-state index in [0.29, 0.717) is 0 Å². The Balaban J connectivity index is 1.08. The van der Waals surface area contributed by atoms with Gasteiger partial charge in [-0.15, -0.1) is 0 Å². The van der Waals surface area contributed by atoms with Crippen LogP contribution >= 0.6 is 0 Å². The predicted octanol–water partition coefficient (Wildman–Crippen LogP) is 13.7. The van der Waals surface area contributed by atoms with E-state index in [0.717, 1.165) is 39.0 Å². The van der Waals surface area contributed by atoms with Crippen LogP contribution < -0.4 is 0 Å². The van der Waals surface area contributed by atoms with Crippen molar-refractivity contribution in [1.82, 2.24) is 9.13 Å². The minimum absolute atomic E-state index is 0.907. The number of furan rings is 1. The van der Waals surface area contributed by atoms with Crippen LogP contribution in [0.3, 0.4) is 0 Å². The van der Waals surface area contributed by atoms with Gasteiger partial charge in [-0.05, 0) is 86.8 Å². The Bertz CT molecular complexity index is 3550. The van der Waals surface area contributed by atoms with Crippen LogP contribution in [0, 0.1) is 0 Å². The van der Waals surface area contributed by atoms with Crippen molar-refractivity contribution in [2.75, 3.05) is 0 Å². The van der Waals surface area contributed by atoms with Crippen molar-refractivity contribution >= 4 is 87.1 Å². The highest BCUT2D eigenvalue weighted by molar-refractivity contribution is 6.35. The zero-order chi connectivity index (χ0) is 34.4. The van der Waals surface area contributed by atoms with Crippen molar-refractivity contribution in [3.63, 3.8) is 0 Å². The molecule has 0 amide bonds. The Morgan fingerprint density at radius 1 is 0.340 bits per heavy atom. The van der Waals surface area contributed by atoms with Gasteiger partial charge in [-0.25, -0.2) is 0 Å². The summed E-state index contributed by atoms with van der Waals surface area (Å²) in [6.45, 7) is 0. The van der Waals surface area contributed by atoms with Gasteiger partial charge in [0.25, 0.3) is 0 Å². The molecule has 3 nitrogen and oxygen atoms in total. The fourth-order valence-electron chi connectivity index (χ4n) is 9.76. The van der Waals surface area contributed by atoms with Crippen LogP contribution in [0.4, 0.5) is 0 Å². The lowest BCUT2D eigenvalue weighted by Gasteiger charge is -2.13. The van der Waals surface area contributed by atoms with E-state index >= 15 is 0 Å². The lowest BCUT2D eigenvalue weighted by Crippen LogP contribution is -1.97. The third-order valence-corrected chi connectivity index (χ3v) is 11.8. The fraction of sp³-hybridized carbons (Fsp3) is 0. The standard InChI is InChI=1S/C50H28N2O/c1-2-14-34-33(13-1)46-36-15-3-7-21-41(36)52(49(46)50-47(34)38-17-5-8-22-43(38)53-50)31-25-23-30(24-26-31)51-40-20-6-4-16-37(40)48-42(51)28-27-35-32-18-9-11-29-12-10-19-39(44(29)32)45(35)48/h1-28H. The lowest BCUT2D eigenvalue weighted by atomic mass is 9.98. The van der Waals surface area contributed by atoms with Crippen LogP contribution in [0.5, 0.6) is 0 Å². The van der Waals surface area contributed by atoms with Crippen LogP contribution in [0.1, 0.15) is 0 Å². The zero-order valence-corrected chi connectivity index (χ0v) is 28.5. The summed E-state index contributed by atoms with van der Waals surface area (Å²) in [6.07, 6.45) is 0. The van der Waals surface area contributed by atoms with Gasteiger partial charge in [0.1, 0.15) is 5.58 Å². The summed E-state index contributed by atoms with van der Waals surface area (Å²) in [7, 11) is 0. The van der Waals surface area contributed by atoms with E-state index in [2.05, 4.69) is 179 Å². The first kappa shape index (κ1) is 27.6. The zero-order valence-electron chi connectivity index (χ0n) is 28.5. The molecular formula is C50H28N2O. The molecule has 0 bridgehead atoms. The minimum atomic E-state index is 0.907. The normalized spacial score (nSPS) is 12.5. The van der Waals surface area contributed by atoms with Crippen LogP contribution in [0.25, 0.3) is 121 Å². The van der Waals surface area contributed by atoms with Gasteiger partial charge in [0.05, 0.1) is 22.1 Å². The molecule has 0 saturated carbocycles. The van der Waals surface area contributed by atoms with Crippen molar-refractivity contribution in [3.8, 4) is 33.6 Å². The molecule has 244 valence electrons. The summed E-state index contributed by atoms with van der Waals surface area (Å²) in [5.74, 6) is 0. The Labute approximate surface area is 303 Å². The number of hydrogen-bond acceptors (Lipinski definition) is 1. The highest BCUT2D eigenvalue weighted by Crippen LogP contribution is 2.52. The van der Waals surface area contributed by atoms with Gasteiger partial charge >= 0.3 is 0 Å². The van der Waals surface area contributed by atoms with Crippen molar-refractivity contribution in [3.05, 3.63) is 170 Å². The number of benzene rings is 9. The number of fused-ring (bicyclic) bond motifs is 17. The smallest absolute Gasteiger partial charge is 0.160 e. The largest absolute Gasteiger partial charge is 0.454 e. The highest BCUT2D eigenvalue weighted by atomic mass is 16.3. The van der Waals surface area contributed by atoms with E-state index < -0.39 is 0 Å². The van der Waals surface area contributed by atoms with E-state index in [1.165, 1.54) is 81.8 Å². The molecule has 0 spiro atoms. The van der Waals surface area contributed by atoms with Crippen molar-refractivity contribution < 1.29 is 4.42 Å². The topological polar surface area (TPSA) is 23.0 Å². The van der Waals surface area contributed by atoms with Crippen molar-refractivity contribution in [2.24, 2.45) is 0 Å². The SMILES string of the molecule is c1cc2c3c(cccc3c1)-c1c-2ccc2c1c1ccccc1n2-c1ccc(-n2c3ccccc3c3c4ccccc4c4c5ccccc5oc4c32)cc1. The molecule has 53 heavy (non-hydrogen) atoms. The molecule has 0 fully saturated rings. The van der Waals surface area contributed by atoms with E-state index in [4.69, 9.17) is 4.42 Å². The molecule has 3 heteroatoms. The number of hydrogen-bond donors (Lipinski definition) is 0. The first-order valence-corrected chi connectivity index (χ1v) is 18.3. The Morgan fingerprint density at radius 3 is 1.68 bits per heavy atom. The minimum Gasteiger partial charge on any atom is -0.454 e. The molecule has 0 unspecified atom stereocenters. The molecule has 0 radical (unpaired) electrons. The summed E-state index contributed by atoms with van der Waals surface area (Å²) in [4.78, 5) is 0. The summed E-state index contributed by atoms with van der Waals surface area (Å²) in [6, 6.07) is 62.0. The molecule has 1 aliphatic rings. The van der Waals surface area contributed by atoms with Gasteiger partial charge in [-0.2, -0.15) is 0 Å². The van der Waals surface area contributed by atoms with Crippen molar-refractivity contribution in [1.29, 1.82) is 0 Å². The summed E-state index contributed by atoms with van der Waals surface area (Å²) >= 11 is 0. The van der Waals surface area contributed by atoms with Gasteiger partial charge in [0.15, 0.2) is 5.58 Å². The van der Waals surface area contributed by atoms with E-state index in [9.17, 15) is 0 Å². The number of aromatic nitrogens is 2. The first-order chi connectivity index (χ1) is 26.3. The quantitative estimate of drug-likeness (QED) is 0.179. The second-order valence-electron chi connectivity index (χ2n) is 14.4. The van der Waals surface area contributed by atoms with Gasteiger partial charge in [-0.1, -0.05) is 121 Å². The fourth-order valence-corrected chi connectivity index (χ4v) is 9.76. The van der Waals surface area contributed by atoms with Crippen LogP contribution in [0.15, 0.2) is 174 Å². The molecular weight excluding hydrogens is 645 g/mol. The molecule has 0 saturated heterocycles. The van der Waals surface area contributed by atoms with Crippen molar-refractivity contribution in [2.45, 2.75) is 0 Å². The Morgan fingerprint density at radius 2 is 0.925 bits per heavy atom. The Kier molecular flexibility index (Phi) is 5.11. The molecule has 9 aromatic carbocycles. The predicted molar refractivity (Wildman–Crippen MR) is 222 cm³/mol. The Hall–Kier alpha value is -7.10. The molecule has 0 atom stereocenters. The van der Waals surface area contributed by atoms with Gasteiger partial charge < -0.3 is 13.6 Å². The second-order valence-corrected chi connectivity index (χ2v) is 14.4. The van der Waals surface area contributed by atoms with Gasteiger partial charge in [0.2, 0.25) is 0 Å². The number of nitrogens with zero attached hydrogens (tertiary/aromatic N) is 2. The average Bonchev–Trinajstić information content (AvgIpc) is 3.96. The number of rotatable bonds is 2. The van der Waals surface area contributed by atoms with Crippen LogP contribution in [-0.2, 0) is 0 Å². The molecule has 3 aromatic heterocycles. The third kappa shape index (κ3) is 3.40. The monoisotopic (exact) mass is 672 g/mol. The maximum Gasteiger partial charge on any atom is 0.160 e. The van der Waals surface area contributed by atoms with Crippen LogP contribution in [-0.4, -0.2) is 9.13 Å². The van der Waals surface area contributed by atoms with Crippen LogP contribution in [0.2, 0.25) is 0 Å². The molecule has 0 aliphatic heterocycles. The second kappa shape index (κ2) is 9.81. The van der Waals surface area contributed by atoms with E-state index in [1.54, 1.807) is 0 Å². The third-order valence-electron chi connectivity index (χ3n) is 11.8. The number of para-hydroxylation sites is 3. The lowest BCUT2D eigenvalue weighted by molar-refractivity contribution is 0.671. The van der Waals surface area contributed by atoms with E-state index in [-0.39, 0.29) is 0 Å². The average molecular weight is 673 g/mol. The summed E-state index contributed by atoms with van der Waals surface area (Å²) < 4.78 is 11.6. The molecule has 12 aromatic rings. The maximum absolute atomic E-state index is 6.80. The van der Waals surface area contributed by atoms with Gasteiger partial charge in [-0.3, -0.25) is 0 Å². The van der Waals surface area contributed by atoms with Gasteiger partial charge in [0, 0.05) is 49.3 Å². The molecule has 13 rings (SSSR count). The first-order valence-electron chi connectivity index (χ1n) is 18.3. The highest BCUT2D eigenvalue weighted by Gasteiger charge is 2.27. The maximum atomic E-state index is 6.80. The molecule has 1 aliphatic carbocycles.